The van der Waals surface area contributed by atoms with Crippen LogP contribution in [0.4, 0.5) is 19.7 Å². The Bertz CT molecular complexity index is 1220. The molecule has 178 valence electrons. The first-order valence-electron chi connectivity index (χ1n) is 11.2. The number of carbonyl (C=O) groups excluding carboxylic acids is 1. The fourth-order valence-corrected chi connectivity index (χ4v) is 4.36. The van der Waals surface area contributed by atoms with E-state index >= 15 is 0 Å². The van der Waals surface area contributed by atoms with Crippen molar-refractivity contribution in [2.45, 2.75) is 58.2 Å². The van der Waals surface area contributed by atoms with Crippen molar-refractivity contribution in [1.29, 1.82) is 0 Å². The number of hydrogen-bond acceptors (Lipinski definition) is 4. The Balaban J connectivity index is 1.68. The van der Waals surface area contributed by atoms with Crippen molar-refractivity contribution < 1.29 is 19.1 Å². The van der Waals surface area contributed by atoms with E-state index in [1.165, 1.54) is 20.1 Å². The van der Waals surface area contributed by atoms with Crippen LogP contribution in [-0.4, -0.2) is 50.4 Å². The highest BCUT2D eigenvalue weighted by Crippen LogP contribution is 2.30. The monoisotopic (exact) mass is 461 g/mol. The molecule has 3 amide bonds. The van der Waals surface area contributed by atoms with Crippen LogP contribution >= 0.6 is 0 Å². The number of urea groups is 1. The van der Waals surface area contributed by atoms with Crippen LogP contribution in [0.5, 0.6) is 0 Å². The van der Waals surface area contributed by atoms with Gasteiger partial charge in [-0.15, -0.1) is 0 Å². The summed E-state index contributed by atoms with van der Waals surface area (Å²) in [5.74, 6) is -0.472. The van der Waals surface area contributed by atoms with E-state index in [2.05, 4.69) is 10.6 Å². The van der Waals surface area contributed by atoms with E-state index in [4.69, 9.17) is 5.11 Å². The number of aromatic nitrogens is 2. The van der Waals surface area contributed by atoms with Crippen molar-refractivity contribution in [3.63, 3.8) is 0 Å². The maximum Gasteiger partial charge on any atom is 0.404 e. The molecule has 3 N–H and O–H groups in total. The number of benzene rings is 1. The first-order chi connectivity index (χ1) is 15.7. The third kappa shape index (κ3) is 4.71. The Morgan fingerprint density at radius 3 is 2.58 bits per heavy atom. The number of rotatable bonds is 5. The minimum atomic E-state index is -1.17. The second-order valence-electron chi connectivity index (χ2n) is 9.12. The summed E-state index contributed by atoms with van der Waals surface area (Å²) in [6.45, 7) is 4.47. The van der Waals surface area contributed by atoms with E-state index in [1.807, 2.05) is 0 Å². The molecule has 10 nitrogen and oxygen atoms in total. The van der Waals surface area contributed by atoms with Crippen LogP contribution in [0, 0.1) is 11.7 Å². The molecule has 1 unspecified atom stereocenters. The second-order valence-corrected chi connectivity index (χ2v) is 9.12. The number of nitrogens with zero attached hydrogens (tertiary/aromatic N) is 3. The lowest BCUT2D eigenvalue weighted by Crippen LogP contribution is -2.50. The number of carboxylic acid groups (broad SMARTS) is 1. The lowest BCUT2D eigenvalue weighted by molar-refractivity contribution is 0.166. The lowest BCUT2D eigenvalue weighted by atomic mass is 10.1. The molecule has 1 atom stereocenters. The number of likely N-dealkylation sites (tertiary alicyclic amines) is 1. The highest BCUT2D eigenvalue weighted by Gasteiger charge is 2.27. The van der Waals surface area contributed by atoms with Crippen molar-refractivity contribution in [2.24, 2.45) is 5.92 Å². The molecule has 1 aliphatic carbocycles. The molecular weight excluding hydrogens is 433 g/mol. The van der Waals surface area contributed by atoms with E-state index in [0.29, 0.717) is 31.8 Å². The van der Waals surface area contributed by atoms with Crippen LogP contribution in [0.2, 0.25) is 0 Å². The van der Waals surface area contributed by atoms with Crippen LogP contribution in [0.25, 0.3) is 10.9 Å². The molecule has 0 bridgehead atoms. The molecule has 2 heterocycles. The first kappa shape index (κ1) is 22.8. The van der Waals surface area contributed by atoms with Gasteiger partial charge in [0.25, 0.3) is 5.56 Å². The highest BCUT2D eigenvalue weighted by molar-refractivity contribution is 5.93. The standard InChI is InChI=1S/C22H28FN5O5/c1-12(2)28-18-9-16(23)17(8-15(18)19(29)27(22(28)33)10-13-5-6-13)25-20(30)26-7-3-4-14(11-26)24-21(31)32/h8-9,12-14,24H,3-7,10-11H2,1-2H3,(H,25,30)(H,31,32). The van der Waals surface area contributed by atoms with Crippen molar-refractivity contribution in [1.82, 2.24) is 19.4 Å². The number of nitrogens with one attached hydrogen (secondary N) is 2. The number of halogens is 1. The molecule has 33 heavy (non-hydrogen) atoms. The summed E-state index contributed by atoms with van der Waals surface area (Å²) in [4.78, 5) is 51.2. The second kappa shape index (κ2) is 8.87. The van der Waals surface area contributed by atoms with Gasteiger partial charge in [0.1, 0.15) is 5.82 Å². The molecule has 0 spiro atoms. The van der Waals surface area contributed by atoms with Gasteiger partial charge >= 0.3 is 17.8 Å². The van der Waals surface area contributed by atoms with Gasteiger partial charge in [-0.25, -0.2) is 18.8 Å². The average Bonchev–Trinajstić information content (AvgIpc) is 3.56. The molecule has 2 aliphatic rings. The number of carbonyl (C=O) groups is 2. The summed E-state index contributed by atoms with van der Waals surface area (Å²) in [7, 11) is 0. The summed E-state index contributed by atoms with van der Waals surface area (Å²) in [5.41, 5.74) is -0.940. The van der Waals surface area contributed by atoms with Gasteiger partial charge in [-0.3, -0.25) is 13.9 Å². The zero-order chi connectivity index (χ0) is 23.9. The van der Waals surface area contributed by atoms with E-state index in [1.54, 1.807) is 13.8 Å². The quantitative estimate of drug-likeness (QED) is 0.631. The number of fused-ring (bicyclic) bond motifs is 1. The van der Waals surface area contributed by atoms with Gasteiger partial charge in [0.15, 0.2) is 0 Å². The molecule has 11 heteroatoms. The summed E-state index contributed by atoms with van der Waals surface area (Å²) in [6, 6.07) is 1.11. The van der Waals surface area contributed by atoms with Gasteiger partial charge in [-0.2, -0.15) is 0 Å². The molecule has 0 radical (unpaired) electrons. The van der Waals surface area contributed by atoms with Gasteiger partial charge in [0, 0.05) is 37.8 Å². The fourth-order valence-electron chi connectivity index (χ4n) is 4.36. The maximum absolute atomic E-state index is 15.0. The largest absolute Gasteiger partial charge is 0.465 e. The minimum absolute atomic E-state index is 0.157. The van der Waals surface area contributed by atoms with E-state index < -0.39 is 35.2 Å². The predicted octanol–water partition coefficient (Wildman–Crippen LogP) is 2.56. The summed E-state index contributed by atoms with van der Waals surface area (Å²) in [5, 5.41) is 13.9. The average molecular weight is 461 g/mol. The van der Waals surface area contributed by atoms with Crippen LogP contribution < -0.4 is 21.9 Å². The number of amides is 3. The topological polar surface area (TPSA) is 126 Å². The molecule has 4 rings (SSSR count). The Morgan fingerprint density at radius 1 is 1.21 bits per heavy atom. The van der Waals surface area contributed by atoms with Crippen molar-refractivity contribution >= 4 is 28.7 Å². The van der Waals surface area contributed by atoms with Crippen LogP contribution in [0.1, 0.15) is 45.6 Å². The van der Waals surface area contributed by atoms with Crippen LogP contribution in [0.15, 0.2) is 21.7 Å². The van der Waals surface area contributed by atoms with E-state index in [0.717, 1.165) is 18.9 Å². The molecule has 1 aliphatic heterocycles. The third-order valence-electron chi connectivity index (χ3n) is 6.19. The molecule has 1 aromatic carbocycles. The SMILES string of the molecule is CC(C)n1c(=O)n(CC2CC2)c(=O)c2cc(NC(=O)N3CCCC(NC(=O)O)C3)c(F)cc21. The van der Waals surface area contributed by atoms with Crippen LogP contribution in [-0.2, 0) is 6.54 Å². The summed E-state index contributed by atoms with van der Waals surface area (Å²) >= 11 is 0. The van der Waals surface area contributed by atoms with Gasteiger partial charge in [-0.1, -0.05) is 0 Å². The normalized spacial score (nSPS) is 18.5. The molecule has 1 saturated heterocycles. The first-order valence-corrected chi connectivity index (χ1v) is 11.2. The Kier molecular flexibility index (Phi) is 6.13. The van der Waals surface area contributed by atoms with Crippen molar-refractivity contribution in [3.8, 4) is 0 Å². The highest BCUT2D eigenvalue weighted by atomic mass is 19.1. The van der Waals surface area contributed by atoms with Crippen molar-refractivity contribution in [2.75, 3.05) is 18.4 Å². The van der Waals surface area contributed by atoms with Gasteiger partial charge in [0.05, 0.1) is 16.6 Å². The summed E-state index contributed by atoms with van der Waals surface area (Å²) < 4.78 is 17.6. The predicted molar refractivity (Wildman–Crippen MR) is 120 cm³/mol. The smallest absolute Gasteiger partial charge is 0.404 e. The van der Waals surface area contributed by atoms with Crippen LogP contribution in [0.3, 0.4) is 0 Å². The van der Waals surface area contributed by atoms with Gasteiger partial charge < -0.3 is 20.6 Å². The van der Waals surface area contributed by atoms with E-state index in [9.17, 15) is 23.6 Å². The van der Waals surface area contributed by atoms with Gasteiger partial charge in [-0.05, 0) is 51.5 Å². The zero-order valence-electron chi connectivity index (χ0n) is 18.6. The Labute approximate surface area is 189 Å². The molecule has 1 saturated carbocycles. The summed E-state index contributed by atoms with van der Waals surface area (Å²) in [6.07, 6.45) is 1.97. The number of piperidine rings is 1. The van der Waals surface area contributed by atoms with Crippen molar-refractivity contribution in [3.05, 3.63) is 38.8 Å². The maximum atomic E-state index is 15.0. The lowest BCUT2D eigenvalue weighted by Gasteiger charge is -2.32. The molecule has 2 aromatic rings. The fraction of sp³-hybridized carbons (Fsp3) is 0.545. The number of hydrogen-bond donors (Lipinski definition) is 3. The number of anilines is 1. The zero-order valence-corrected chi connectivity index (χ0v) is 18.6. The Hall–Kier alpha value is -3.37. The third-order valence-corrected chi connectivity index (χ3v) is 6.19. The molecule has 2 fully saturated rings. The van der Waals surface area contributed by atoms with Gasteiger partial charge in [0.2, 0.25) is 0 Å². The minimum Gasteiger partial charge on any atom is -0.465 e. The molecule has 1 aromatic heterocycles. The molecular formula is C22H28FN5O5. The Morgan fingerprint density at radius 2 is 1.94 bits per heavy atom. The van der Waals surface area contributed by atoms with E-state index in [-0.39, 0.29) is 29.2 Å².